The first-order valence-electron chi connectivity index (χ1n) is 6.78. The molecule has 2 rings (SSSR count). The normalized spacial score (nSPS) is 14.2. The second kappa shape index (κ2) is 6.18. The van der Waals surface area contributed by atoms with Gasteiger partial charge in [-0.15, -0.1) is 11.3 Å². The van der Waals surface area contributed by atoms with Crippen molar-refractivity contribution >= 4 is 21.4 Å². The molecule has 0 aliphatic carbocycles. The maximum atomic E-state index is 8.83. The van der Waals surface area contributed by atoms with Gasteiger partial charge >= 0.3 is 0 Å². The summed E-state index contributed by atoms with van der Waals surface area (Å²) in [4.78, 5) is 1.39. The number of hydrogen-bond donors (Lipinski definition) is 1. The number of nitrogens with zero attached hydrogens (tertiary/aromatic N) is 1. The highest BCUT2D eigenvalue weighted by molar-refractivity contribution is 7.19. The minimum absolute atomic E-state index is 0.282. The lowest BCUT2D eigenvalue weighted by Crippen LogP contribution is -2.30. The van der Waals surface area contributed by atoms with E-state index < -0.39 is 0 Å². The van der Waals surface area contributed by atoms with Crippen molar-refractivity contribution in [3.05, 3.63) is 34.7 Å². The van der Waals surface area contributed by atoms with Gasteiger partial charge in [-0.05, 0) is 37.3 Å². The number of fused-ring (bicyclic) bond motifs is 1. The molecule has 0 bridgehead atoms. The number of nitriles is 1. The van der Waals surface area contributed by atoms with Crippen molar-refractivity contribution in [3.63, 3.8) is 0 Å². The molecule has 3 heteroatoms. The predicted octanol–water partition coefficient (Wildman–Crippen LogP) is 4.55. The van der Waals surface area contributed by atoms with E-state index >= 15 is 0 Å². The fourth-order valence-electron chi connectivity index (χ4n) is 2.47. The number of nitrogens with one attached hydrogen (secondary N) is 1. The van der Waals surface area contributed by atoms with E-state index in [-0.39, 0.29) is 6.04 Å². The zero-order valence-corrected chi connectivity index (χ0v) is 12.6. The van der Waals surface area contributed by atoms with E-state index in [1.165, 1.54) is 20.5 Å². The average molecular weight is 272 g/mol. The SMILES string of the molecule is CCC(CC#N)NC(C)c1sc2ccccc2c1C. The molecular formula is C16H20N2S. The van der Waals surface area contributed by atoms with Crippen LogP contribution in [0.5, 0.6) is 0 Å². The molecule has 1 N–H and O–H groups in total. The molecule has 2 aromatic rings. The van der Waals surface area contributed by atoms with Gasteiger partial charge in [0.2, 0.25) is 0 Å². The molecule has 19 heavy (non-hydrogen) atoms. The van der Waals surface area contributed by atoms with E-state index in [0.29, 0.717) is 12.5 Å². The van der Waals surface area contributed by atoms with Crippen molar-refractivity contribution in [2.24, 2.45) is 0 Å². The Labute approximate surface area is 119 Å². The van der Waals surface area contributed by atoms with Gasteiger partial charge in [0.15, 0.2) is 0 Å². The second-order valence-electron chi connectivity index (χ2n) is 4.94. The number of thiophene rings is 1. The number of benzene rings is 1. The summed E-state index contributed by atoms with van der Waals surface area (Å²) in [7, 11) is 0. The topological polar surface area (TPSA) is 35.8 Å². The summed E-state index contributed by atoms with van der Waals surface area (Å²) in [5, 5.41) is 13.8. The van der Waals surface area contributed by atoms with Crippen LogP contribution in [-0.4, -0.2) is 6.04 Å². The molecule has 0 aliphatic heterocycles. The lowest BCUT2D eigenvalue weighted by Gasteiger charge is -2.20. The highest BCUT2D eigenvalue weighted by atomic mass is 32.1. The van der Waals surface area contributed by atoms with Gasteiger partial charge in [0.05, 0.1) is 12.5 Å². The monoisotopic (exact) mass is 272 g/mol. The fraction of sp³-hybridized carbons (Fsp3) is 0.438. The predicted molar refractivity (Wildman–Crippen MR) is 82.4 cm³/mol. The van der Waals surface area contributed by atoms with E-state index in [4.69, 9.17) is 5.26 Å². The Kier molecular flexibility index (Phi) is 4.57. The summed E-state index contributed by atoms with van der Waals surface area (Å²) < 4.78 is 1.34. The maximum absolute atomic E-state index is 8.83. The zero-order valence-electron chi connectivity index (χ0n) is 11.7. The van der Waals surface area contributed by atoms with Crippen molar-refractivity contribution in [1.29, 1.82) is 5.26 Å². The molecule has 0 saturated carbocycles. The standard InChI is InChI=1S/C16H20N2S/c1-4-13(9-10-17)18-12(3)16-11(2)14-7-5-6-8-15(14)19-16/h5-8,12-13,18H,4,9H2,1-3H3. The summed E-state index contributed by atoms with van der Waals surface area (Å²) in [6.07, 6.45) is 1.56. The van der Waals surface area contributed by atoms with Gasteiger partial charge in [-0.1, -0.05) is 25.1 Å². The van der Waals surface area contributed by atoms with Crippen molar-refractivity contribution in [2.75, 3.05) is 0 Å². The first kappa shape index (κ1) is 14.0. The third-order valence-corrected chi connectivity index (χ3v) is 5.05. The smallest absolute Gasteiger partial charge is 0.0638 e. The molecule has 100 valence electrons. The van der Waals surface area contributed by atoms with E-state index in [9.17, 15) is 0 Å². The largest absolute Gasteiger partial charge is 0.306 e. The molecule has 0 amide bonds. The van der Waals surface area contributed by atoms with Crippen molar-refractivity contribution in [3.8, 4) is 6.07 Å². The van der Waals surface area contributed by atoms with Crippen LogP contribution in [0.4, 0.5) is 0 Å². The Morgan fingerprint density at radius 1 is 1.37 bits per heavy atom. The van der Waals surface area contributed by atoms with Crippen LogP contribution in [0.25, 0.3) is 10.1 Å². The van der Waals surface area contributed by atoms with Gasteiger partial charge in [-0.2, -0.15) is 5.26 Å². The molecule has 0 saturated heterocycles. The van der Waals surface area contributed by atoms with Gasteiger partial charge in [0.25, 0.3) is 0 Å². The summed E-state index contributed by atoms with van der Waals surface area (Å²) in [6, 6.07) is 11.4. The van der Waals surface area contributed by atoms with Gasteiger partial charge < -0.3 is 5.32 Å². The highest BCUT2D eigenvalue weighted by Crippen LogP contribution is 2.34. The van der Waals surface area contributed by atoms with E-state index in [0.717, 1.165) is 6.42 Å². The summed E-state index contributed by atoms with van der Waals surface area (Å²) >= 11 is 1.86. The van der Waals surface area contributed by atoms with E-state index in [1.54, 1.807) is 0 Å². The van der Waals surface area contributed by atoms with Crippen LogP contribution in [0.3, 0.4) is 0 Å². The van der Waals surface area contributed by atoms with Crippen LogP contribution in [-0.2, 0) is 0 Å². The van der Waals surface area contributed by atoms with E-state index in [1.807, 2.05) is 11.3 Å². The summed E-state index contributed by atoms with van der Waals surface area (Å²) in [5.74, 6) is 0. The highest BCUT2D eigenvalue weighted by Gasteiger charge is 2.17. The fourth-order valence-corrected chi connectivity index (χ4v) is 3.69. The Balaban J connectivity index is 2.24. The Morgan fingerprint density at radius 2 is 2.11 bits per heavy atom. The van der Waals surface area contributed by atoms with Crippen LogP contribution in [0.15, 0.2) is 24.3 Å². The Bertz CT molecular complexity index is 594. The van der Waals surface area contributed by atoms with Crippen LogP contribution in [0, 0.1) is 18.3 Å². The van der Waals surface area contributed by atoms with Crippen LogP contribution in [0.2, 0.25) is 0 Å². The number of aryl methyl sites for hydroxylation is 1. The minimum atomic E-state index is 0.282. The van der Waals surface area contributed by atoms with Crippen molar-refractivity contribution in [2.45, 2.75) is 45.7 Å². The van der Waals surface area contributed by atoms with Gasteiger partial charge in [-0.25, -0.2) is 0 Å². The van der Waals surface area contributed by atoms with Crippen LogP contribution in [0.1, 0.15) is 43.2 Å². The van der Waals surface area contributed by atoms with E-state index in [2.05, 4.69) is 56.4 Å². The van der Waals surface area contributed by atoms with Gasteiger partial charge in [0, 0.05) is 21.7 Å². The minimum Gasteiger partial charge on any atom is -0.306 e. The zero-order chi connectivity index (χ0) is 13.8. The molecule has 2 unspecified atom stereocenters. The molecule has 1 aromatic carbocycles. The second-order valence-corrected chi connectivity index (χ2v) is 6.03. The van der Waals surface area contributed by atoms with Crippen LogP contribution >= 0.6 is 11.3 Å². The lowest BCUT2D eigenvalue weighted by molar-refractivity contribution is 0.451. The van der Waals surface area contributed by atoms with Gasteiger partial charge in [0.1, 0.15) is 0 Å². The third kappa shape index (κ3) is 2.97. The summed E-state index contributed by atoms with van der Waals surface area (Å²) in [5.41, 5.74) is 1.37. The molecule has 0 spiro atoms. The quantitative estimate of drug-likeness (QED) is 0.866. The molecule has 0 fully saturated rings. The maximum Gasteiger partial charge on any atom is 0.0638 e. The van der Waals surface area contributed by atoms with Gasteiger partial charge in [-0.3, -0.25) is 0 Å². The van der Waals surface area contributed by atoms with Crippen LogP contribution < -0.4 is 5.32 Å². The Morgan fingerprint density at radius 3 is 2.74 bits per heavy atom. The molecule has 2 atom stereocenters. The molecule has 0 radical (unpaired) electrons. The molecule has 2 nitrogen and oxygen atoms in total. The van der Waals surface area contributed by atoms with Crippen molar-refractivity contribution in [1.82, 2.24) is 5.32 Å². The number of hydrogen-bond acceptors (Lipinski definition) is 3. The molecule has 1 aromatic heterocycles. The molecule has 0 aliphatic rings. The van der Waals surface area contributed by atoms with Crippen molar-refractivity contribution < 1.29 is 0 Å². The average Bonchev–Trinajstić information content (AvgIpc) is 2.76. The Hall–Kier alpha value is -1.37. The molecular weight excluding hydrogens is 252 g/mol. The lowest BCUT2D eigenvalue weighted by atomic mass is 10.1. The third-order valence-electron chi connectivity index (χ3n) is 3.59. The number of rotatable bonds is 5. The summed E-state index contributed by atoms with van der Waals surface area (Å²) in [6.45, 7) is 6.51. The first-order valence-corrected chi connectivity index (χ1v) is 7.60. The molecule has 1 heterocycles. The first-order chi connectivity index (χ1) is 9.17.